The Labute approximate surface area is 167 Å². The number of carbonyl (C=O) groups excluding carboxylic acids is 2. The summed E-state index contributed by atoms with van der Waals surface area (Å²) < 4.78 is 11.3. The van der Waals surface area contributed by atoms with Crippen LogP contribution in [0, 0.1) is 0 Å². The van der Waals surface area contributed by atoms with E-state index in [1.807, 2.05) is 30.3 Å². The fourth-order valence-corrected chi connectivity index (χ4v) is 3.22. The monoisotopic (exact) mass is 388 g/mol. The van der Waals surface area contributed by atoms with Gasteiger partial charge in [-0.25, -0.2) is 0 Å². The molecule has 4 aromatic rings. The van der Waals surface area contributed by atoms with Gasteiger partial charge in [-0.05, 0) is 43.3 Å². The van der Waals surface area contributed by atoms with Gasteiger partial charge < -0.3 is 19.8 Å². The van der Waals surface area contributed by atoms with Crippen molar-refractivity contribution >= 4 is 45.0 Å². The van der Waals surface area contributed by atoms with Gasteiger partial charge in [0.2, 0.25) is 5.91 Å². The number of amides is 1. The van der Waals surface area contributed by atoms with Crippen LogP contribution >= 0.6 is 0 Å². The van der Waals surface area contributed by atoms with Crippen molar-refractivity contribution in [1.29, 1.82) is 0 Å². The van der Waals surface area contributed by atoms with E-state index in [1.54, 1.807) is 37.4 Å². The van der Waals surface area contributed by atoms with Crippen LogP contribution in [0.4, 0.5) is 11.4 Å². The van der Waals surface area contributed by atoms with E-state index in [9.17, 15) is 9.59 Å². The molecule has 1 amide bonds. The molecule has 0 aliphatic rings. The maximum Gasteiger partial charge on any atom is 0.243 e. The first kappa shape index (κ1) is 18.6. The summed E-state index contributed by atoms with van der Waals surface area (Å²) in [6.45, 7) is 1.59. The van der Waals surface area contributed by atoms with E-state index >= 15 is 0 Å². The lowest BCUT2D eigenvalue weighted by Crippen LogP contribution is -2.22. The molecule has 1 heterocycles. The first-order chi connectivity index (χ1) is 14.0. The Morgan fingerprint density at radius 1 is 0.966 bits per heavy atom. The number of nitrogens with one attached hydrogen (secondary N) is 2. The quantitative estimate of drug-likeness (QED) is 0.462. The second-order valence-electron chi connectivity index (χ2n) is 6.68. The SMILES string of the molecule is COc1cc2c(cc1NC(=O)CNc1ccc(C(C)=O)cc1)oc1ccccc12. The summed E-state index contributed by atoms with van der Waals surface area (Å²) in [5.74, 6) is 0.333. The van der Waals surface area contributed by atoms with Crippen LogP contribution in [-0.4, -0.2) is 25.3 Å². The van der Waals surface area contributed by atoms with Gasteiger partial charge in [-0.15, -0.1) is 0 Å². The second kappa shape index (κ2) is 7.67. The van der Waals surface area contributed by atoms with Crippen molar-refractivity contribution in [3.63, 3.8) is 0 Å². The fourth-order valence-electron chi connectivity index (χ4n) is 3.22. The lowest BCUT2D eigenvalue weighted by molar-refractivity contribution is -0.114. The van der Waals surface area contributed by atoms with E-state index in [0.29, 0.717) is 22.6 Å². The highest BCUT2D eigenvalue weighted by Crippen LogP contribution is 2.36. The first-order valence-corrected chi connectivity index (χ1v) is 9.19. The van der Waals surface area contributed by atoms with Gasteiger partial charge in [0, 0.05) is 28.1 Å². The van der Waals surface area contributed by atoms with Gasteiger partial charge in [0.25, 0.3) is 0 Å². The topological polar surface area (TPSA) is 80.6 Å². The highest BCUT2D eigenvalue weighted by atomic mass is 16.5. The summed E-state index contributed by atoms with van der Waals surface area (Å²) in [7, 11) is 1.56. The molecule has 0 radical (unpaired) electrons. The van der Waals surface area contributed by atoms with Crippen LogP contribution in [0.1, 0.15) is 17.3 Å². The standard InChI is InChI=1S/C23H20N2O4/c1-14(26)15-7-9-16(10-8-15)24-13-23(27)25-19-12-21-18(11-22(19)28-2)17-5-3-4-6-20(17)29-21/h3-12,24H,13H2,1-2H3,(H,25,27). The minimum absolute atomic E-state index is 0.00219. The smallest absolute Gasteiger partial charge is 0.243 e. The summed E-state index contributed by atoms with van der Waals surface area (Å²) >= 11 is 0. The van der Waals surface area contributed by atoms with Crippen molar-refractivity contribution in [2.24, 2.45) is 0 Å². The van der Waals surface area contributed by atoms with E-state index in [2.05, 4.69) is 10.6 Å². The van der Waals surface area contributed by atoms with Crippen LogP contribution in [-0.2, 0) is 4.79 Å². The molecule has 29 heavy (non-hydrogen) atoms. The van der Waals surface area contributed by atoms with Gasteiger partial charge in [-0.3, -0.25) is 9.59 Å². The van der Waals surface area contributed by atoms with E-state index in [1.165, 1.54) is 6.92 Å². The van der Waals surface area contributed by atoms with Crippen LogP contribution in [0.3, 0.4) is 0 Å². The number of methoxy groups -OCH3 is 1. The van der Waals surface area contributed by atoms with Crippen LogP contribution in [0.25, 0.3) is 21.9 Å². The maximum absolute atomic E-state index is 12.4. The Morgan fingerprint density at radius 2 is 1.72 bits per heavy atom. The number of hydrogen-bond donors (Lipinski definition) is 2. The molecule has 146 valence electrons. The summed E-state index contributed by atoms with van der Waals surface area (Å²) in [5, 5.41) is 7.82. The van der Waals surface area contributed by atoms with Crippen molar-refractivity contribution in [3.05, 3.63) is 66.2 Å². The maximum atomic E-state index is 12.4. The van der Waals surface area contributed by atoms with E-state index in [0.717, 1.165) is 22.0 Å². The molecule has 6 nitrogen and oxygen atoms in total. The molecule has 0 unspecified atom stereocenters. The molecule has 0 aliphatic carbocycles. The van der Waals surface area contributed by atoms with E-state index < -0.39 is 0 Å². The molecule has 3 aromatic carbocycles. The van der Waals surface area contributed by atoms with Crippen LogP contribution in [0.5, 0.6) is 5.75 Å². The predicted octanol–water partition coefficient (Wildman–Crippen LogP) is 4.85. The zero-order chi connectivity index (χ0) is 20.4. The Balaban J connectivity index is 1.51. The number of ketones is 1. The third kappa shape index (κ3) is 3.78. The normalized spacial score (nSPS) is 10.8. The third-order valence-electron chi connectivity index (χ3n) is 4.72. The molecule has 0 fully saturated rings. The van der Waals surface area contributed by atoms with Crippen molar-refractivity contribution < 1.29 is 18.7 Å². The van der Waals surface area contributed by atoms with Gasteiger partial charge in [0.1, 0.15) is 16.9 Å². The van der Waals surface area contributed by atoms with Gasteiger partial charge >= 0.3 is 0 Å². The lowest BCUT2D eigenvalue weighted by atomic mass is 10.1. The summed E-state index contributed by atoms with van der Waals surface area (Å²) in [6, 6.07) is 18.4. The van der Waals surface area contributed by atoms with Gasteiger partial charge in [-0.1, -0.05) is 18.2 Å². The molecule has 0 saturated heterocycles. The van der Waals surface area contributed by atoms with Gasteiger partial charge in [-0.2, -0.15) is 0 Å². The summed E-state index contributed by atoms with van der Waals surface area (Å²) in [6.07, 6.45) is 0. The average Bonchev–Trinajstić information content (AvgIpc) is 3.09. The van der Waals surface area contributed by atoms with Crippen LogP contribution in [0.2, 0.25) is 0 Å². The Kier molecular flexibility index (Phi) is 4.91. The summed E-state index contributed by atoms with van der Waals surface area (Å²) in [5.41, 5.74) is 3.38. The zero-order valence-electron chi connectivity index (χ0n) is 16.1. The number of fused-ring (bicyclic) bond motifs is 3. The van der Waals surface area contributed by atoms with Gasteiger partial charge in [0.15, 0.2) is 5.78 Å². The third-order valence-corrected chi connectivity index (χ3v) is 4.72. The average molecular weight is 388 g/mol. The molecule has 0 spiro atoms. The number of furan rings is 1. The molecule has 2 N–H and O–H groups in total. The molecular weight excluding hydrogens is 368 g/mol. The Hall–Kier alpha value is -3.80. The van der Waals surface area contributed by atoms with Crippen LogP contribution in [0.15, 0.2) is 65.1 Å². The number of carbonyl (C=O) groups is 2. The number of Topliss-reactive ketones (excluding diaryl/α,β-unsaturated/α-hetero) is 1. The van der Waals surface area contributed by atoms with Gasteiger partial charge in [0.05, 0.1) is 19.3 Å². The van der Waals surface area contributed by atoms with E-state index in [-0.39, 0.29) is 18.2 Å². The van der Waals surface area contributed by atoms with Crippen molar-refractivity contribution in [2.75, 3.05) is 24.3 Å². The van der Waals surface area contributed by atoms with Crippen molar-refractivity contribution in [2.45, 2.75) is 6.92 Å². The van der Waals surface area contributed by atoms with Crippen molar-refractivity contribution in [1.82, 2.24) is 0 Å². The largest absolute Gasteiger partial charge is 0.495 e. The highest BCUT2D eigenvalue weighted by molar-refractivity contribution is 6.08. The Bertz CT molecular complexity index is 1210. The minimum atomic E-state index is -0.227. The highest BCUT2D eigenvalue weighted by Gasteiger charge is 2.14. The molecular formula is C23H20N2O4. The molecule has 0 aliphatic heterocycles. The molecule has 4 rings (SSSR count). The number of rotatable bonds is 6. The predicted molar refractivity (Wildman–Crippen MR) is 114 cm³/mol. The number of anilines is 2. The number of hydrogen-bond acceptors (Lipinski definition) is 5. The van der Waals surface area contributed by atoms with E-state index in [4.69, 9.17) is 9.15 Å². The summed E-state index contributed by atoms with van der Waals surface area (Å²) in [4.78, 5) is 23.8. The van der Waals surface area contributed by atoms with Crippen LogP contribution < -0.4 is 15.4 Å². The lowest BCUT2D eigenvalue weighted by Gasteiger charge is -2.11. The molecule has 0 bridgehead atoms. The molecule has 0 atom stereocenters. The first-order valence-electron chi connectivity index (χ1n) is 9.19. The fraction of sp³-hybridized carbons (Fsp3) is 0.130. The molecule has 6 heteroatoms. The zero-order valence-corrected chi connectivity index (χ0v) is 16.1. The minimum Gasteiger partial charge on any atom is -0.495 e. The second-order valence-corrected chi connectivity index (χ2v) is 6.68. The Morgan fingerprint density at radius 3 is 2.45 bits per heavy atom. The number of benzene rings is 3. The molecule has 0 saturated carbocycles. The van der Waals surface area contributed by atoms with Crippen molar-refractivity contribution in [3.8, 4) is 5.75 Å². The number of ether oxygens (including phenoxy) is 1. The number of para-hydroxylation sites is 1. The molecule has 1 aromatic heterocycles.